The number of piperidine rings is 1. The van der Waals surface area contributed by atoms with Gasteiger partial charge < -0.3 is 4.90 Å². The highest BCUT2D eigenvalue weighted by molar-refractivity contribution is 7.15. The SMILES string of the molecule is O=C(Cc1cn2ccsc2n1)N1CCC[C@H](n2cccn2)C1. The molecule has 0 bridgehead atoms. The third kappa shape index (κ3) is 2.52. The molecule has 0 N–H and O–H groups in total. The Morgan fingerprint density at radius 1 is 1.41 bits per heavy atom. The van der Waals surface area contributed by atoms with E-state index in [4.69, 9.17) is 0 Å². The smallest absolute Gasteiger partial charge is 0.228 e. The average molecular weight is 315 g/mol. The van der Waals surface area contributed by atoms with E-state index in [1.54, 1.807) is 17.5 Å². The Labute approximate surface area is 132 Å². The molecule has 1 aliphatic heterocycles. The summed E-state index contributed by atoms with van der Waals surface area (Å²) >= 11 is 1.58. The van der Waals surface area contributed by atoms with Gasteiger partial charge in [0.2, 0.25) is 5.91 Å². The molecule has 4 rings (SSSR count). The van der Waals surface area contributed by atoms with E-state index in [9.17, 15) is 4.79 Å². The minimum atomic E-state index is 0.155. The Bertz CT molecular complexity index is 746. The van der Waals surface area contributed by atoms with Gasteiger partial charge >= 0.3 is 0 Å². The first-order chi connectivity index (χ1) is 10.8. The standard InChI is InChI=1S/C15H17N5OS/c21-14(9-12-10-19-7-8-22-15(19)17-12)18-5-1-3-13(11-18)20-6-2-4-16-20/h2,4,6-8,10,13H,1,3,5,9,11H2/t13-/m0/s1. The van der Waals surface area contributed by atoms with E-state index < -0.39 is 0 Å². The van der Waals surface area contributed by atoms with Crippen LogP contribution in [0.3, 0.4) is 0 Å². The van der Waals surface area contributed by atoms with Crippen molar-refractivity contribution in [1.82, 2.24) is 24.1 Å². The summed E-state index contributed by atoms with van der Waals surface area (Å²) in [6.45, 7) is 1.57. The summed E-state index contributed by atoms with van der Waals surface area (Å²) in [7, 11) is 0. The molecule has 0 spiro atoms. The Morgan fingerprint density at radius 3 is 3.18 bits per heavy atom. The van der Waals surface area contributed by atoms with Gasteiger partial charge in [-0.25, -0.2) is 4.98 Å². The first kappa shape index (κ1) is 13.5. The third-order valence-electron chi connectivity index (χ3n) is 4.12. The number of hydrogen-bond acceptors (Lipinski definition) is 4. The molecular weight excluding hydrogens is 298 g/mol. The molecule has 0 aliphatic carbocycles. The van der Waals surface area contributed by atoms with Gasteiger partial charge in [-0.2, -0.15) is 5.10 Å². The summed E-state index contributed by atoms with van der Waals surface area (Å²) in [6.07, 6.45) is 10.1. The van der Waals surface area contributed by atoms with Gasteiger partial charge in [-0.1, -0.05) is 0 Å². The largest absolute Gasteiger partial charge is 0.340 e. The number of likely N-dealkylation sites (tertiary alicyclic amines) is 1. The summed E-state index contributed by atoms with van der Waals surface area (Å²) in [6, 6.07) is 2.22. The van der Waals surface area contributed by atoms with Crippen LogP contribution in [-0.4, -0.2) is 43.1 Å². The lowest BCUT2D eigenvalue weighted by Gasteiger charge is -2.32. The van der Waals surface area contributed by atoms with Crippen LogP contribution in [0.25, 0.3) is 4.96 Å². The Kier molecular flexibility index (Phi) is 3.42. The molecule has 1 atom stereocenters. The van der Waals surface area contributed by atoms with E-state index in [0.29, 0.717) is 6.42 Å². The highest BCUT2D eigenvalue weighted by atomic mass is 32.1. The first-order valence-electron chi connectivity index (χ1n) is 7.47. The van der Waals surface area contributed by atoms with Crippen molar-refractivity contribution in [1.29, 1.82) is 0 Å². The molecule has 3 aromatic heterocycles. The lowest BCUT2D eigenvalue weighted by atomic mass is 10.1. The van der Waals surface area contributed by atoms with Crippen LogP contribution in [0.1, 0.15) is 24.6 Å². The van der Waals surface area contributed by atoms with Crippen molar-refractivity contribution in [2.45, 2.75) is 25.3 Å². The number of fused-ring (bicyclic) bond motifs is 1. The van der Waals surface area contributed by atoms with Crippen LogP contribution in [0.4, 0.5) is 0 Å². The van der Waals surface area contributed by atoms with Gasteiger partial charge in [-0.15, -0.1) is 11.3 Å². The van der Waals surface area contributed by atoms with E-state index >= 15 is 0 Å². The minimum absolute atomic E-state index is 0.155. The average Bonchev–Trinajstić information content (AvgIpc) is 3.24. The van der Waals surface area contributed by atoms with Crippen molar-refractivity contribution in [2.24, 2.45) is 0 Å². The molecule has 0 saturated carbocycles. The van der Waals surface area contributed by atoms with Crippen molar-refractivity contribution in [2.75, 3.05) is 13.1 Å². The molecule has 0 unspecified atom stereocenters. The van der Waals surface area contributed by atoms with Gasteiger partial charge in [-0.05, 0) is 18.9 Å². The van der Waals surface area contributed by atoms with E-state index in [-0.39, 0.29) is 11.9 Å². The molecule has 4 heterocycles. The van der Waals surface area contributed by atoms with Gasteiger partial charge in [0.05, 0.1) is 18.2 Å². The first-order valence-corrected chi connectivity index (χ1v) is 8.35. The molecule has 3 aromatic rings. The fourth-order valence-electron chi connectivity index (χ4n) is 3.02. The predicted octanol–water partition coefficient (Wildman–Crippen LogP) is 2.00. The number of thiazole rings is 1. The zero-order valence-corrected chi connectivity index (χ0v) is 12.9. The van der Waals surface area contributed by atoms with Crippen molar-refractivity contribution >= 4 is 22.2 Å². The molecule has 7 heteroatoms. The van der Waals surface area contributed by atoms with Crippen LogP contribution >= 0.6 is 11.3 Å². The highest BCUT2D eigenvalue weighted by Gasteiger charge is 2.25. The maximum Gasteiger partial charge on any atom is 0.228 e. The molecule has 0 aromatic carbocycles. The number of nitrogens with zero attached hydrogens (tertiary/aromatic N) is 5. The number of aromatic nitrogens is 4. The van der Waals surface area contributed by atoms with Crippen LogP contribution in [0.2, 0.25) is 0 Å². The minimum Gasteiger partial charge on any atom is -0.340 e. The topological polar surface area (TPSA) is 55.4 Å². The van der Waals surface area contributed by atoms with Gasteiger partial charge in [0, 0.05) is 43.3 Å². The van der Waals surface area contributed by atoms with Gasteiger partial charge in [0.1, 0.15) is 0 Å². The molecule has 1 fully saturated rings. The molecule has 1 aliphatic rings. The fourth-order valence-corrected chi connectivity index (χ4v) is 3.74. The summed E-state index contributed by atoms with van der Waals surface area (Å²) < 4.78 is 3.93. The number of rotatable bonds is 3. The van der Waals surface area contributed by atoms with Gasteiger partial charge in [-0.3, -0.25) is 13.9 Å². The van der Waals surface area contributed by atoms with E-state index in [1.807, 2.05) is 44.0 Å². The summed E-state index contributed by atoms with van der Waals surface area (Å²) in [5.41, 5.74) is 0.845. The quantitative estimate of drug-likeness (QED) is 0.743. The Morgan fingerprint density at radius 2 is 2.36 bits per heavy atom. The maximum atomic E-state index is 12.5. The van der Waals surface area contributed by atoms with Crippen LogP contribution < -0.4 is 0 Å². The van der Waals surface area contributed by atoms with E-state index in [2.05, 4.69) is 10.1 Å². The van der Waals surface area contributed by atoms with E-state index in [1.165, 1.54) is 0 Å². The van der Waals surface area contributed by atoms with E-state index in [0.717, 1.165) is 36.6 Å². The van der Waals surface area contributed by atoms with Crippen LogP contribution in [0.5, 0.6) is 0 Å². The van der Waals surface area contributed by atoms with Gasteiger partial charge in [0.15, 0.2) is 4.96 Å². The molecule has 1 saturated heterocycles. The van der Waals surface area contributed by atoms with Crippen molar-refractivity contribution in [3.05, 3.63) is 41.9 Å². The van der Waals surface area contributed by atoms with Crippen LogP contribution in [0, 0.1) is 0 Å². The number of amides is 1. The predicted molar refractivity (Wildman–Crippen MR) is 83.9 cm³/mol. The summed E-state index contributed by atoms with van der Waals surface area (Å²) in [5.74, 6) is 0.155. The molecule has 0 radical (unpaired) electrons. The number of carbonyl (C=O) groups is 1. The van der Waals surface area contributed by atoms with Crippen LogP contribution in [0.15, 0.2) is 36.2 Å². The maximum absolute atomic E-state index is 12.5. The van der Waals surface area contributed by atoms with Crippen molar-refractivity contribution in [3.8, 4) is 0 Å². The summed E-state index contributed by atoms with van der Waals surface area (Å²) in [4.78, 5) is 19.9. The number of imidazole rings is 1. The molecule has 1 amide bonds. The Balaban J connectivity index is 1.44. The Hall–Kier alpha value is -2.15. The highest BCUT2D eigenvalue weighted by Crippen LogP contribution is 2.21. The third-order valence-corrected chi connectivity index (χ3v) is 4.89. The molecule has 22 heavy (non-hydrogen) atoms. The van der Waals surface area contributed by atoms with Crippen molar-refractivity contribution in [3.63, 3.8) is 0 Å². The molecule has 6 nitrogen and oxygen atoms in total. The lowest BCUT2D eigenvalue weighted by Crippen LogP contribution is -2.41. The van der Waals surface area contributed by atoms with Crippen molar-refractivity contribution < 1.29 is 4.79 Å². The normalized spacial score (nSPS) is 18.9. The number of carbonyl (C=O) groups excluding carboxylic acids is 1. The monoisotopic (exact) mass is 315 g/mol. The van der Waals surface area contributed by atoms with Crippen LogP contribution in [-0.2, 0) is 11.2 Å². The second-order valence-electron chi connectivity index (χ2n) is 5.62. The second-order valence-corrected chi connectivity index (χ2v) is 6.50. The summed E-state index contributed by atoms with van der Waals surface area (Å²) in [5, 5.41) is 6.30. The van der Waals surface area contributed by atoms with Gasteiger partial charge in [0.25, 0.3) is 0 Å². The lowest BCUT2D eigenvalue weighted by molar-refractivity contribution is -0.132. The molecular formula is C15H17N5OS. The number of hydrogen-bond donors (Lipinski definition) is 0. The zero-order chi connectivity index (χ0) is 14.9. The fraction of sp³-hybridized carbons (Fsp3) is 0.400. The zero-order valence-electron chi connectivity index (χ0n) is 12.1. The second kappa shape index (κ2) is 5.57. The molecule has 114 valence electrons.